The van der Waals surface area contributed by atoms with Gasteiger partial charge in [-0.2, -0.15) is 4.99 Å². The molecule has 0 bridgehead atoms. The lowest BCUT2D eigenvalue weighted by Crippen LogP contribution is -2.24. The Morgan fingerprint density at radius 2 is 1.83 bits per heavy atom. The normalized spacial score (nSPS) is 15.9. The van der Waals surface area contributed by atoms with Crippen molar-refractivity contribution < 1.29 is 13.2 Å². The van der Waals surface area contributed by atoms with E-state index < -0.39 is 15.7 Å². The first kappa shape index (κ1) is 18.8. The number of benzene rings is 1. The van der Waals surface area contributed by atoms with Crippen molar-refractivity contribution in [3.8, 4) is 0 Å². The number of nitrogens with two attached hydrogens (primary N) is 2. The molecule has 1 fully saturated rings. The van der Waals surface area contributed by atoms with E-state index in [1.54, 1.807) is 24.8 Å². The van der Waals surface area contributed by atoms with Crippen LogP contribution < -0.4 is 11.5 Å². The molecule has 0 aliphatic heterocycles. The second-order valence-corrected chi connectivity index (χ2v) is 9.43. The van der Waals surface area contributed by atoms with E-state index in [9.17, 15) is 13.2 Å². The third-order valence-electron chi connectivity index (χ3n) is 4.00. The summed E-state index contributed by atoms with van der Waals surface area (Å²) in [5.41, 5.74) is 11.4. The van der Waals surface area contributed by atoms with Gasteiger partial charge < -0.3 is 11.5 Å². The molecule has 0 aromatic heterocycles. The van der Waals surface area contributed by atoms with Crippen LogP contribution in [0.4, 0.5) is 0 Å². The van der Waals surface area contributed by atoms with Crippen LogP contribution in [0.2, 0.25) is 0 Å². The molecule has 0 unspecified atom stereocenters. The Hall–Kier alpha value is -1.54. The minimum atomic E-state index is -3.47. The molecule has 6 nitrogen and oxygen atoms in total. The highest BCUT2D eigenvalue weighted by molar-refractivity contribution is 8.00. The van der Waals surface area contributed by atoms with Crippen molar-refractivity contribution in [3.63, 3.8) is 0 Å². The van der Waals surface area contributed by atoms with Gasteiger partial charge in [-0.15, -0.1) is 11.8 Å². The number of aliphatic imine (C=N–C) groups is 1. The van der Waals surface area contributed by atoms with Crippen molar-refractivity contribution in [3.05, 3.63) is 23.3 Å². The number of nitrogens with zero attached hydrogens (tertiary/aromatic N) is 1. The Kier molecular flexibility index (Phi) is 5.92. The lowest BCUT2D eigenvalue weighted by Gasteiger charge is -2.22. The smallest absolute Gasteiger partial charge is 0.280 e. The molecule has 4 N–H and O–H groups in total. The Morgan fingerprint density at radius 1 is 1.21 bits per heavy atom. The Balaban J connectivity index is 2.45. The average molecular weight is 370 g/mol. The standard InChI is InChI=1S/C16H23N3O3S2/c1-10-8-13(23-11-6-4-3-5-7-11)14(24(2,21)22)9-12(10)15(20)19-16(17)18/h8-9,11H,3-7H2,1-2H3,(H4,17,18,19,20). The summed E-state index contributed by atoms with van der Waals surface area (Å²) in [7, 11) is -3.47. The number of amides is 1. The first-order chi connectivity index (χ1) is 11.2. The van der Waals surface area contributed by atoms with Crippen LogP contribution in [0.3, 0.4) is 0 Å². The molecule has 24 heavy (non-hydrogen) atoms. The van der Waals surface area contributed by atoms with Gasteiger partial charge in [0.1, 0.15) is 0 Å². The number of guanidine groups is 1. The average Bonchev–Trinajstić information content (AvgIpc) is 2.46. The maximum Gasteiger partial charge on any atom is 0.280 e. The number of carbonyl (C=O) groups is 1. The largest absolute Gasteiger partial charge is 0.370 e. The van der Waals surface area contributed by atoms with E-state index in [4.69, 9.17) is 11.5 Å². The van der Waals surface area contributed by atoms with Crippen LogP contribution in [-0.2, 0) is 9.84 Å². The van der Waals surface area contributed by atoms with Crippen LogP contribution in [-0.4, -0.2) is 31.8 Å². The van der Waals surface area contributed by atoms with Gasteiger partial charge >= 0.3 is 0 Å². The van der Waals surface area contributed by atoms with Gasteiger partial charge in [-0.3, -0.25) is 4.79 Å². The van der Waals surface area contributed by atoms with E-state index in [-0.39, 0.29) is 16.4 Å². The van der Waals surface area contributed by atoms with Gasteiger partial charge in [0.05, 0.1) is 4.90 Å². The van der Waals surface area contributed by atoms with Gasteiger partial charge in [-0.1, -0.05) is 19.3 Å². The highest BCUT2D eigenvalue weighted by Gasteiger charge is 2.23. The second-order valence-electron chi connectivity index (χ2n) is 6.11. The van der Waals surface area contributed by atoms with E-state index in [1.807, 2.05) is 0 Å². The van der Waals surface area contributed by atoms with Gasteiger partial charge in [-0.05, 0) is 37.5 Å². The molecule has 132 valence electrons. The molecular formula is C16H23N3O3S2. The molecular weight excluding hydrogens is 346 g/mol. The quantitative estimate of drug-likeness (QED) is 0.621. The van der Waals surface area contributed by atoms with Gasteiger partial charge in [-0.25, -0.2) is 8.42 Å². The van der Waals surface area contributed by atoms with Gasteiger partial charge in [0, 0.05) is 22.0 Å². The summed E-state index contributed by atoms with van der Waals surface area (Å²) in [6.07, 6.45) is 6.90. The highest BCUT2D eigenvalue weighted by Crippen LogP contribution is 2.38. The number of hydrogen-bond acceptors (Lipinski definition) is 4. The van der Waals surface area contributed by atoms with Crippen LogP contribution in [0.5, 0.6) is 0 Å². The van der Waals surface area contributed by atoms with Crippen molar-refractivity contribution in [2.75, 3.05) is 6.26 Å². The minimum Gasteiger partial charge on any atom is -0.370 e. The molecule has 1 saturated carbocycles. The summed E-state index contributed by atoms with van der Waals surface area (Å²) in [6, 6.07) is 3.15. The number of sulfone groups is 1. The molecule has 1 aromatic rings. The minimum absolute atomic E-state index is 0.165. The zero-order valence-electron chi connectivity index (χ0n) is 13.9. The molecule has 0 atom stereocenters. The van der Waals surface area contributed by atoms with Gasteiger partial charge in [0.25, 0.3) is 5.91 Å². The molecule has 0 heterocycles. The van der Waals surface area contributed by atoms with Gasteiger partial charge in [0.2, 0.25) is 0 Å². The van der Waals surface area contributed by atoms with Crippen LogP contribution >= 0.6 is 11.8 Å². The summed E-state index contributed by atoms with van der Waals surface area (Å²) in [4.78, 5) is 16.5. The van der Waals surface area contributed by atoms with E-state index in [1.165, 1.54) is 25.3 Å². The topological polar surface area (TPSA) is 116 Å². The summed E-state index contributed by atoms with van der Waals surface area (Å²) in [5.74, 6) is -0.979. The first-order valence-corrected chi connectivity index (χ1v) is 10.6. The lowest BCUT2D eigenvalue weighted by atomic mass is 10.0. The molecule has 0 radical (unpaired) electrons. The first-order valence-electron chi connectivity index (χ1n) is 7.84. The monoisotopic (exact) mass is 369 g/mol. The van der Waals surface area contributed by atoms with Crippen molar-refractivity contribution >= 4 is 33.5 Å². The lowest BCUT2D eigenvalue weighted by molar-refractivity contribution is 0.100. The number of thioether (sulfide) groups is 1. The predicted molar refractivity (Wildman–Crippen MR) is 97.2 cm³/mol. The molecule has 2 rings (SSSR count). The molecule has 0 spiro atoms. The van der Waals surface area contributed by atoms with Crippen LogP contribution in [0.1, 0.15) is 48.0 Å². The molecule has 1 aromatic carbocycles. The summed E-state index contributed by atoms with van der Waals surface area (Å²) in [5, 5.41) is 0.415. The van der Waals surface area contributed by atoms with Crippen LogP contribution in [0, 0.1) is 6.92 Å². The van der Waals surface area contributed by atoms with Crippen LogP contribution in [0.25, 0.3) is 0 Å². The third-order valence-corrected chi connectivity index (χ3v) is 6.66. The summed E-state index contributed by atoms with van der Waals surface area (Å²) < 4.78 is 24.4. The van der Waals surface area contributed by atoms with Crippen molar-refractivity contribution in [2.24, 2.45) is 16.5 Å². The van der Waals surface area contributed by atoms with Gasteiger partial charge in [0.15, 0.2) is 15.8 Å². The fraction of sp³-hybridized carbons (Fsp3) is 0.500. The molecule has 1 amide bonds. The predicted octanol–water partition coefficient (Wildman–Crippen LogP) is 2.24. The molecule has 1 aliphatic rings. The van der Waals surface area contributed by atoms with Crippen molar-refractivity contribution in [1.82, 2.24) is 0 Å². The summed E-state index contributed by atoms with van der Waals surface area (Å²) in [6.45, 7) is 1.76. The van der Waals surface area contributed by atoms with E-state index in [0.717, 1.165) is 19.1 Å². The second kappa shape index (κ2) is 7.57. The Bertz CT molecular complexity index is 763. The number of rotatable bonds is 4. The number of hydrogen-bond donors (Lipinski definition) is 2. The number of aryl methyl sites for hydroxylation is 1. The molecule has 8 heteroatoms. The zero-order chi connectivity index (χ0) is 17.9. The van der Waals surface area contributed by atoms with Crippen LogP contribution in [0.15, 0.2) is 26.9 Å². The maximum atomic E-state index is 12.2. The highest BCUT2D eigenvalue weighted by atomic mass is 32.2. The van der Waals surface area contributed by atoms with Crippen molar-refractivity contribution in [2.45, 2.75) is 54.1 Å². The van der Waals surface area contributed by atoms with E-state index >= 15 is 0 Å². The zero-order valence-corrected chi connectivity index (χ0v) is 15.5. The molecule has 0 saturated heterocycles. The maximum absolute atomic E-state index is 12.2. The number of carbonyl (C=O) groups excluding carboxylic acids is 1. The fourth-order valence-corrected chi connectivity index (χ4v) is 5.52. The summed E-state index contributed by atoms with van der Waals surface area (Å²) >= 11 is 1.59. The Labute approximate surface area is 147 Å². The fourth-order valence-electron chi connectivity index (χ4n) is 2.81. The van der Waals surface area contributed by atoms with E-state index in [0.29, 0.717) is 15.7 Å². The SMILES string of the molecule is Cc1cc(SC2CCCCC2)c(S(C)(=O)=O)cc1C(=O)N=C(N)N. The molecule has 1 aliphatic carbocycles. The van der Waals surface area contributed by atoms with Crippen molar-refractivity contribution in [1.29, 1.82) is 0 Å². The third kappa shape index (κ3) is 4.73. The Morgan fingerprint density at radius 3 is 2.38 bits per heavy atom. The van der Waals surface area contributed by atoms with E-state index in [2.05, 4.69) is 4.99 Å².